The number of nitrogens with zero attached hydrogens (tertiary/aromatic N) is 6. The van der Waals surface area contributed by atoms with E-state index < -0.39 is 15.7 Å². The zero-order valence-electron chi connectivity index (χ0n) is 18.3. The van der Waals surface area contributed by atoms with Crippen LogP contribution in [0, 0.1) is 11.3 Å². The van der Waals surface area contributed by atoms with Gasteiger partial charge in [0, 0.05) is 39.4 Å². The molecule has 2 aromatic heterocycles. The summed E-state index contributed by atoms with van der Waals surface area (Å²) >= 11 is 0. The lowest BCUT2D eigenvalue weighted by atomic mass is 10.2. The molecular formula is C22H25N7O3S. The average Bonchev–Trinajstić information content (AvgIpc) is 3.39. The molecule has 5 rings (SSSR count). The molecule has 1 aliphatic heterocycles. The molecule has 33 heavy (non-hydrogen) atoms. The molecule has 1 saturated carbocycles. The maximum absolute atomic E-state index is 13.4. The number of nitriles is 1. The summed E-state index contributed by atoms with van der Waals surface area (Å²) in [6.45, 7) is 1.97. The molecule has 172 valence electrons. The summed E-state index contributed by atoms with van der Waals surface area (Å²) in [4.78, 5) is 14.0. The second kappa shape index (κ2) is 8.30. The van der Waals surface area contributed by atoms with Gasteiger partial charge < -0.3 is 14.6 Å². The summed E-state index contributed by atoms with van der Waals surface area (Å²) in [5, 5.41) is 9.95. The highest BCUT2D eigenvalue weighted by atomic mass is 32.2. The minimum Gasteiger partial charge on any atom is -0.492 e. The normalized spacial score (nSPS) is 18.0. The van der Waals surface area contributed by atoms with Crippen molar-refractivity contribution in [2.75, 3.05) is 44.7 Å². The first-order chi connectivity index (χ1) is 15.9. The zero-order valence-corrected chi connectivity index (χ0v) is 19.1. The van der Waals surface area contributed by atoms with E-state index in [4.69, 9.17) is 10.00 Å². The molecule has 0 amide bonds. The van der Waals surface area contributed by atoms with Gasteiger partial charge in [0.25, 0.3) is 10.2 Å². The van der Waals surface area contributed by atoms with Gasteiger partial charge in [-0.2, -0.15) is 22.3 Å². The van der Waals surface area contributed by atoms with Crippen molar-refractivity contribution in [2.45, 2.75) is 18.4 Å². The summed E-state index contributed by atoms with van der Waals surface area (Å²) in [7, 11) is -2.06. The molecule has 0 atom stereocenters. The first-order valence-electron chi connectivity index (χ1n) is 10.8. The van der Waals surface area contributed by atoms with Gasteiger partial charge in [-0.1, -0.05) is 6.07 Å². The number of piperazine rings is 1. The fourth-order valence-electron chi connectivity index (χ4n) is 4.40. The molecule has 0 unspecified atom stereocenters. The molecule has 1 saturated heterocycles. The number of aromatic nitrogens is 3. The predicted octanol–water partition coefficient (Wildman–Crippen LogP) is 1.74. The first kappa shape index (κ1) is 21.6. The summed E-state index contributed by atoms with van der Waals surface area (Å²) in [5.74, 6) is 1.39. The van der Waals surface area contributed by atoms with Crippen LogP contribution in [0.5, 0.6) is 5.75 Å². The summed E-state index contributed by atoms with van der Waals surface area (Å²) in [6.07, 6.45) is 5.03. The van der Waals surface area contributed by atoms with Crippen molar-refractivity contribution in [1.82, 2.24) is 23.6 Å². The minimum absolute atomic E-state index is 0.198. The molecule has 2 aliphatic rings. The third-order valence-electron chi connectivity index (χ3n) is 6.36. The molecule has 3 aromatic rings. The molecule has 0 radical (unpaired) electrons. The number of benzene rings is 1. The van der Waals surface area contributed by atoms with E-state index in [0.717, 1.165) is 29.7 Å². The lowest BCUT2D eigenvalue weighted by Gasteiger charge is -2.43. The van der Waals surface area contributed by atoms with Crippen molar-refractivity contribution < 1.29 is 13.2 Å². The Hall–Kier alpha value is -3.20. The van der Waals surface area contributed by atoms with Crippen molar-refractivity contribution in [1.29, 1.82) is 5.26 Å². The first-order valence-corrected chi connectivity index (χ1v) is 12.2. The Bertz CT molecular complexity index is 1310. The Morgan fingerprint density at radius 1 is 1.27 bits per heavy atom. The maximum atomic E-state index is 13.4. The molecule has 1 aliphatic carbocycles. The zero-order chi connectivity index (χ0) is 23.1. The van der Waals surface area contributed by atoms with Crippen LogP contribution in [0.15, 0.2) is 42.9 Å². The quantitative estimate of drug-likeness (QED) is 0.562. The molecular weight excluding hydrogens is 442 g/mol. The van der Waals surface area contributed by atoms with E-state index in [-0.39, 0.29) is 13.2 Å². The number of fused-ring (bicyclic) bond motifs is 1. The van der Waals surface area contributed by atoms with Gasteiger partial charge in [-0.05, 0) is 37.1 Å². The highest BCUT2D eigenvalue weighted by Crippen LogP contribution is 2.47. The monoisotopic (exact) mass is 467 g/mol. The molecule has 2 fully saturated rings. The number of hydrogen-bond acceptors (Lipinski definition) is 7. The van der Waals surface area contributed by atoms with Crippen molar-refractivity contribution in [3.8, 4) is 11.8 Å². The van der Waals surface area contributed by atoms with Crippen LogP contribution < -0.4 is 9.64 Å². The lowest BCUT2D eigenvalue weighted by molar-refractivity contribution is 0.237. The molecule has 1 aromatic carbocycles. The van der Waals surface area contributed by atoms with Crippen LogP contribution in [0.25, 0.3) is 11.0 Å². The second-order valence-corrected chi connectivity index (χ2v) is 10.4. The van der Waals surface area contributed by atoms with Crippen molar-refractivity contribution >= 4 is 27.1 Å². The second-order valence-electron chi connectivity index (χ2n) is 8.47. The van der Waals surface area contributed by atoms with Crippen LogP contribution in [0.4, 0.5) is 5.82 Å². The highest BCUT2D eigenvalue weighted by molar-refractivity contribution is 7.86. The van der Waals surface area contributed by atoms with Gasteiger partial charge in [0.05, 0.1) is 22.6 Å². The number of rotatable bonds is 7. The van der Waals surface area contributed by atoms with Crippen LogP contribution in [-0.4, -0.2) is 77.4 Å². The van der Waals surface area contributed by atoms with Gasteiger partial charge in [0.2, 0.25) is 0 Å². The third kappa shape index (κ3) is 4.01. The Kier molecular flexibility index (Phi) is 5.44. The summed E-state index contributed by atoms with van der Waals surface area (Å²) in [5.41, 5.74) is 0.878. The number of hydrogen-bond donors (Lipinski definition) is 1. The van der Waals surface area contributed by atoms with Gasteiger partial charge in [-0.15, -0.1) is 0 Å². The number of H-pyrrole nitrogens is 1. The van der Waals surface area contributed by atoms with Gasteiger partial charge >= 0.3 is 0 Å². The van der Waals surface area contributed by atoms with Crippen LogP contribution in [-0.2, 0) is 10.2 Å². The Morgan fingerprint density at radius 2 is 2.12 bits per heavy atom. The topological polar surface area (TPSA) is 118 Å². The van der Waals surface area contributed by atoms with E-state index in [1.54, 1.807) is 35.6 Å². The maximum Gasteiger partial charge on any atom is 0.282 e. The van der Waals surface area contributed by atoms with Crippen molar-refractivity contribution in [2.24, 2.45) is 0 Å². The number of likely N-dealkylation sites (N-methyl/N-ethyl adjacent to an activating group) is 1. The van der Waals surface area contributed by atoms with Crippen molar-refractivity contribution in [3.05, 3.63) is 48.4 Å². The Labute approximate surface area is 192 Å². The minimum atomic E-state index is -3.64. The van der Waals surface area contributed by atoms with Crippen LogP contribution >= 0.6 is 0 Å². The van der Waals surface area contributed by atoms with E-state index >= 15 is 0 Å². The summed E-state index contributed by atoms with van der Waals surface area (Å²) < 4.78 is 35.5. The fourth-order valence-corrected chi connectivity index (χ4v) is 6.08. The molecule has 1 spiro atoms. The molecule has 0 bridgehead atoms. The van der Waals surface area contributed by atoms with E-state index in [1.165, 1.54) is 10.6 Å². The highest BCUT2D eigenvalue weighted by Gasteiger charge is 2.56. The lowest BCUT2D eigenvalue weighted by Crippen LogP contribution is -2.60. The van der Waals surface area contributed by atoms with Gasteiger partial charge in [-0.3, -0.25) is 0 Å². The van der Waals surface area contributed by atoms with Gasteiger partial charge in [-0.25, -0.2) is 9.97 Å². The fraction of sp³-hybridized carbons (Fsp3) is 0.409. The Balaban J connectivity index is 1.25. The molecule has 10 nitrogen and oxygen atoms in total. The molecule has 3 heterocycles. The average molecular weight is 468 g/mol. The molecule has 1 N–H and O–H groups in total. The van der Waals surface area contributed by atoms with E-state index in [0.29, 0.717) is 30.9 Å². The van der Waals surface area contributed by atoms with Crippen LogP contribution in [0.3, 0.4) is 0 Å². The SMILES string of the molecule is CN(CCOc1cccc(C#N)c1)S(=O)(=O)N1CCN(c2ncnc3[nH]ccc23)CC12CC2. The van der Waals surface area contributed by atoms with E-state index in [9.17, 15) is 8.42 Å². The van der Waals surface area contributed by atoms with Crippen LogP contribution in [0.1, 0.15) is 18.4 Å². The number of anilines is 1. The van der Waals surface area contributed by atoms with E-state index in [2.05, 4.69) is 25.9 Å². The largest absolute Gasteiger partial charge is 0.492 e. The molecule has 11 heteroatoms. The summed E-state index contributed by atoms with van der Waals surface area (Å²) in [6, 6.07) is 10.8. The number of aromatic amines is 1. The standard InChI is InChI=1S/C22H25N7O3S/c1-27(11-12-32-18-4-2-3-17(13-18)14-23)33(30,31)29-10-9-28(15-22(29)6-7-22)21-19-5-8-24-20(19)25-16-26-21/h2-5,8,13,16H,6-7,9-12,15H2,1H3,(H,24,25,26). The van der Waals surface area contributed by atoms with Gasteiger partial charge in [0.1, 0.15) is 30.1 Å². The predicted molar refractivity (Wildman–Crippen MR) is 123 cm³/mol. The van der Waals surface area contributed by atoms with Crippen molar-refractivity contribution in [3.63, 3.8) is 0 Å². The van der Waals surface area contributed by atoms with E-state index in [1.807, 2.05) is 12.3 Å². The third-order valence-corrected chi connectivity index (χ3v) is 8.45. The number of nitrogens with one attached hydrogen (secondary N) is 1. The van der Waals surface area contributed by atoms with Gasteiger partial charge in [0.15, 0.2) is 0 Å². The number of ether oxygens (including phenoxy) is 1. The smallest absolute Gasteiger partial charge is 0.282 e. The Morgan fingerprint density at radius 3 is 2.91 bits per heavy atom. The van der Waals surface area contributed by atoms with Crippen LogP contribution in [0.2, 0.25) is 0 Å².